The van der Waals surface area contributed by atoms with Gasteiger partial charge in [-0.2, -0.15) is 0 Å². The molecule has 0 aliphatic rings. The third kappa shape index (κ3) is 3.09. The van der Waals surface area contributed by atoms with Crippen LogP contribution in [-0.4, -0.2) is 15.9 Å². The second-order valence-electron chi connectivity index (χ2n) is 4.50. The monoisotopic (exact) mass is 260 g/mol. The maximum absolute atomic E-state index is 12.0. The number of nitrogens with two attached hydrogens (primary N) is 1. The molecular formula is C13H16N4O2. The molecule has 0 unspecified atom stereocenters. The quantitative estimate of drug-likeness (QED) is 0.872. The van der Waals surface area contributed by atoms with Crippen molar-refractivity contribution in [2.24, 2.45) is 0 Å². The van der Waals surface area contributed by atoms with Crippen molar-refractivity contribution in [1.29, 1.82) is 0 Å². The highest BCUT2D eigenvalue weighted by Crippen LogP contribution is 2.13. The Kier molecular flexibility index (Phi) is 3.79. The second-order valence-corrected chi connectivity index (χ2v) is 4.50. The van der Waals surface area contributed by atoms with E-state index < -0.39 is 0 Å². The minimum Gasteiger partial charge on any atom is -0.472 e. The summed E-state index contributed by atoms with van der Waals surface area (Å²) in [5.41, 5.74) is 7.10. The molecule has 6 heteroatoms. The normalized spacial score (nSPS) is 10.7. The number of carbonyl (C=O) groups is 1. The lowest BCUT2D eigenvalue weighted by molar-refractivity contribution is 0.0946. The minimum absolute atomic E-state index is 0.140. The Morgan fingerprint density at radius 3 is 2.95 bits per heavy atom. The van der Waals surface area contributed by atoms with Crippen molar-refractivity contribution in [3.05, 3.63) is 41.9 Å². The number of carbonyl (C=O) groups excluding carboxylic acids is 1. The topological polar surface area (TPSA) is 94.0 Å². The molecule has 0 saturated carbocycles. The molecule has 0 spiro atoms. The summed E-state index contributed by atoms with van der Waals surface area (Å²) in [4.78, 5) is 20.3. The van der Waals surface area contributed by atoms with Crippen molar-refractivity contribution in [2.45, 2.75) is 26.3 Å². The maximum Gasteiger partial charge on any atom is 0.272 e. The number of nitrogen functional groups attached to an aromatic ring is 1. The molecule has 6 nitrogen and oxygen atoms in total. The number of anilines is 1. The number of aromatic nitrogens is 2. The Labute approximate surface area is 111 Å². The van der Waals surface area contributed by atoms with Gasteiger partial charge in [-0.3, -0.25) is 4.79 Å². The predicted molar refractivity (Wildman–Crippen MR) is 70.4 cm³/mol. The van der Waals surface area contributed by atoms with E-state index in [9.17, 15) is 4.79 Å². The van der Waals surface area contributed by atoms with E-state index in [-0.39, 0.29) is 23.2 Å². The van der Waals surface area contributed by atoms with Crippen molar-refractivity contribution >= 4 is 11.6 Å². The average Bonchev–Trinajstić information content (AvgIpc) is 2.89. The second kappa shape index (κ2) is 5.51. The van der Waals surface area contributed by atoms with Crippen LogP contribution in [0.25, 0.3) is 0 Å². The van der Waals surface area contributed by atoms with E-state index in [1.54, 1.807) is 18.6 Å². The molecule has 0 aliphatic carbocycles. The predicted octanol–water partition coefficient (Wildman–Crippen LogP) is 1.71. The lowest BCUT2D eigenvalue weighted by atomic mass is 10.2. The summed E-state index contributed by atoms with van der Waals surface area (Å²) in [5, 5.41) is 2.74. The molecule has 0 fully saturated rings. The molecule has 2 aromatic rings. The van der Waals surface area contributed by atoms with E-state index >= 15 is 0 Å². The fraction of sp³-hybridized carbons (Fsp3) is 0.308. The van der Waals surface area contributed by atoms with Gasteiger partial charge < -0.3 is 15.5 Å². The van der Waals surface area contributed by atoms with Crippen LogP contribution in [0.15, 0.2) is 29.2 Å². The molecular weight excluding hydrogens is 244 g/mol. The van der Waals surface area contributed by atoms with Crippen LogP contribution in [0.3, 0.4) is 0 Å². The van der Waals surface area contributed by atoms with Gasteiger partial charge in [0.25, 0.3) is 5.91 Å². The SMILES string of the molecule is CC(C)c1ncc(N)c(C(=O)NCc2ccoc2)n1. The molecule has 19 heavy (non-hydrogen) atoms. The first-order chi connectivity index (χ1) is 9.08. The molecule has 100 valence electrons. The number of hydrogen-bond acceptors (Lipinski definition) is 5. The fourth-order valence-corrected chi connectivity index (χ4v) is 1.52. The Balaban J connectivity index is 2.11. The van der Waals surface area contributed by atoms with Crippen LogP contribution >= 0.6 is 0 Å². The Morgan fingerprint density at radius 1 is 1.53 bits per heavy atom. The average molecular weight is 260 g/mol. The van der Waals surface area contributed by atoms with Gasteiger partial charge in [0.2, 0.25) is 0 Å². The standard InChI is InChI=1S/C13H16N4O2/c1-8(2)12-15-6-10(14)11(17-12)13(18)16-5-9-3-4-19-7-9/h3-4,6-8H,5,14H2,1-2H3,(H,16,18). The molecule has 0 aromatic carbocycles. The zero-order chi connectivity index (χ0) is 13.8. The van der Waals surface area contributed by atoms with Gasteiger partial charge in [0.1, 0.15) is 5.82 Å². The van der Waals surface area contributed by atoms with E-state index in [1.165, 1.54) is 6.20 Å². The molecule has 2 heterocycles. The molecule has 2 rings (SSSR count). The van der Waals surface area contributed by atoms with Gasteiger partial charge >= 0.3 is 0 Å². The first-order valence-electron chi connectivity index (χ1n) is 5.99. The van der Waals surface area contributed by atoms with E-state index in [0.717, 1.165) is 5.56 Å². The summed E-state index contributed by atoms with van der Waals surface area (Å²) in [6, 6.07) is 1.78. The summed E-state index contributed by atoms with van der Waals surface area (Å²) < 4.78 is 4.93. The van der Waals surface area contributed by atoms with Crippen LogP contribution in [0.4, 0.5) is 5.69 Å². The minimum atomic E-state index is -0.317. The number of furan rings is 1. The molecule has 0 saturated heterocycles. The van der Waals surface area contributed by atoms with Crippen molar-refractivity contribution in [2.75, 3.05) is 5.73 Å². The van der Waals surface area contributed by atoms with E-state index in [2.05, 4.69) is 15.3 Å². The zero-order valence-corrected chi connectivity index (χ0v) is 10.9. The van der Waals surface area contributed by atoms with Crippen LogP contribution < -0.4 is 11.1 Å². The van der Waals surface area contributed by atoms with Gasteiger partial charge in [0.15, 0.2) is 5.69 Å². The summed E-state index contributed by atoms with van der Waals surface area (Å²) in [6.45, 7) is 4.28. The van der Waals surface area contributed by atoms with Gasteiger partial charge in [-0.25, -0.2) is 9.97 Å². The fourth-order valence-electron chi connectivity index (χ4n) is 1.52. The lowest BCUT2D eigenvalue weighted by Crippen LogP contribution is -2.25. The first kappa shape index (κ1) is 13.1. The third-order valence-corrected chi connectivity index (χ3v) is 2.60. The number of nitrogens with one attached hydrogen (secondary N) is 1. The highest BCUT2D eigenvalue weighted by molar-refractivity contribution is 5.96. The summed E-state index contributed by atoms with van der Waals surface area (Å²) in [7, 11) is 0. The highest BCUT2D eigenvalue weighted by atomic mass is 16.3. The maximum atomic E-state index is 12.0. The summed E-state index contributed by atoms with van der Waals surface area (Å²) >= 11 is 0. The van der Waals surface area contributed by atoms with Crippen molar-refractivity contribution < 1.29 is 9.21 Å². The van der Waals surface area contributed by atoms with E-state index in [0.29, 0.717) is 12.4 Å². The Hall–Kier alpha value is -2.37. The number of nitrogens with zero attached hydrogens (tertiary/aromatic N) is 2. The van der Waals surface area contributed by atoms with Crippen molar-refractivity contribution in [3.63, 3.8) is 0 Å². The zero-order valence-electron chi connectivity index (χ0n) is 10.9. The smallest absolute Gasteiger partial charge is 0.272 e. The number of rotatable bonds is 4. The number of amides is 1. The molecule has 0 atom stereocenters. The van der Waals surface area contributed by atoms with E-state index in [4.69, 9.17) is 10.2 Å². The van der Waals surface area contributed by atoms with Gasteiger partial charge in [0.05, 0.1) is 24.4 Å². The van der Waals surface area contributed by atoms with Gasteiger partial charge in [-0.15, -0.1) is 0 Å². The Bertz CT molecular complexity index is 564. The van der Waals surface area contributed by atoms with Crippen molar-refractivity contribution in [3.8, 4) is 0 Å². The van der Waals surface area contributed by atoms with Gasteiger partial charge in [-0.05, 0) is 6.07 Å². The molecule has 2 aromatic heterocycles. The van der Waals surface area contributed by atoms with Crippen molar-refractivity contribution in [1.82, 2.24) is 15.3 Å². The molecule has 0 aliphatic heterocycles. The van der Waals surface area contributed by atoms with Gasteiger partial charge in [-0.1, -0.05) is 13.8 Å². The van der Waals surface area contributed by atoms with Crippen LogP contribution in [0.1, 0.15) is 41.6 Å². The first-order valence-corrected chi connectivity index (χ1v) is 5.99. The molecule has 1 amide bonds. The highest BCUT2D eigenvalue weighted by Gasteiger charge is 2.14. The third-order valence-electron chi connectivity index (χ3n) is 2.60. The summed E-state index contributed by atoms with van der Waals surface area (Å²) in [5.74, 6) is 0.423. The van der Waals surface area contributed by atoms with Crippen LogP contribution in [0.5, 0.6) is 0 Å². The Morgan fingerprint density at radius 2 is 2.32 bits per heavy atom. The lowest BCUT2D eigenvalue weighted by Gasteiger charge is -2.09. The molecule has 3 N–H and O–H groups in total. The van der Waals surface area contributed by atoms with E-state index in [1.807, 2.05) is 13.8 Å². The number of hydrogen-bond donors (Lipinski definition) is 2. The largest absolute Gasteiger partial charge is 0.472 e. The van der Waals surface area contributed by atoms with Crippen LogP contribution in [-0.2, 0) is 6.54 Å². The van der Waals surface area contributed by atoms with Crippen LogP contribution in [0, 0.1) is 0 Å². The molecule has 0 radical (unpaired) electrons. The molecule has 0 bridgehead atoms. The van der Waals surface area contributed by atoms with Crippen LogP contribution in [0.2, 0.25) is 0 Å². The van der Waals surface area contributed by atoms with Gasteiger partial charge in [0, 0.05) is 18.0 Å². The summed E-state index contributed by atoms with van der Waals surface area (Å²) in [6.07, 6.45) is 4.59.